The Hall–Kier alpha value is -2.68. The van der Waals surface area contributed by atoms with Gasteiger partial charge >= 0.3 is 5.97 Å². The Kier molecular flexibility index (Phi) is 5.87. The van der Waals surface area contributed by atoms with E-state index in [9.17, 15) is 9.59 Å². The summed E-state index contributed by atoms with van der Waals surface area (Å²) in [5.41, 5.74) is 0. The molecule has 2 aromatic rings. The van der Waals surface area contributed by atoms with Crippen LogP contribution in [0, 0.1) is 0 Å². The van der Waals surface area contributed by atoms with E-state index in [0.717, 1.165) is 0 Å². The number of nitrogens with zero attached hydrogens (tertiary/aromatic N) is 2. The molecule has 0 aliphatic rings. The van der Waals surface area contributed by atoms with Gasteiger partial charge < -0.3 is 24.1 Å². The van der Waals surface area contributed by atoms with Crippen molar-refractivity contribution in [2.75, 3.05) is 13.7 Å². The molecule has 0 radical (unpaired) electrons. The smallest absolute Gasteiger partial charge is 0.326 e. The summed E-state index contributed by atoms with van der Waals surface area (Å²) in [6.07, 6.45) is 1.93. The number of rotatable bonds is 9. The second-order valence-corrected chi connectivity index (χ2v) is 4.73. The minimum absolute atomic E-state index is 0.0382. The molecule has 9 heteroatoms. The van der Waals surface area contributed by atoms with Crippen molar-refractivity contribution in [2.45, 2.75) is 25.3 Å². The lowest BCUT2D eigenvalue weighted by molar-refractivity contribution is -0.142. The molecule has 0 saturated heterocycles. The van der Waals surface area contributed by atoms with Crippen LogP contribution in [0.4, 0.5) is 0 Å². The average Bonchev–Trinajstić information content (AvgIpc) is 3.19. The van der Waals surface area contributed by atoms with Gasteiger partial charge in [-0.25, -0.2) is 4.79 Å². The van der Waals surface area contributed by atoms with Crippen LogP contribution >= 0.6 is 0 Å². The summed E-state index contributed by atoms with van der Waals surface area (Å²) in [5, 5.41) is 15.2. The fraction of sp³-hybridized carbons (Fsp3) is 0.429. The van der Waals surface area contributed by atoms with Crippen LogP contribution in [0.3, 0.4) is 0 Å². The third kappa shape index (κ3) is 4.92. The van der Waals surface area contributed by atoms with Gasteiger partial charge in [-0.1, -0.05) is 5.16 Å². The van der Waals surface area contributed by atoms with Crippen molar-refractivity contribution in [3.8, 4) is 11.6 Å². The van der Waals surface area contributed by atoms with Crippen LogP contribution in [0.1, 0.15) is 18.7 Å². The highest BCUT2D eigenvalue weighted by molar-refractivity contribution is 5.83. The number of carbonyl (C=O) groups excluding carboxylic acids is 1. The predicted octanol–water partition coefficient (Wildman–Crippen LogP) is 0.868. The van der Waals surface area contributed by atoms with E-state index in [-0.39, 0.29) is 31.8 Å². The standard InChI is InChI=1S/C14H17N3O6/c1-21-8-6-9(14(19)20)15-11(18)4-5-12-16-13(17-23-12)10-3-2-7-22-10/h2-3,7,9H,4-6,8H2,1H3,(H,15,18)(H,19,20). The number of hydrogen-bond acceptors (Lipinski definition) is 7. The first kappa shape index (κ1) is 16.7. The van der Waals surface area contributed by atoms with Gasteiger partial charge in [0.15, 0.2) is 5.76 Å². The highest BCUT2D eigenvalue weighted by Crippen LogP contribution is 2.16. The molecule has 0 aromatic carbocycles. The highest BCUT2D eigenvalue weighted by Gasteiger charge is 2.20. The van der Waals surface area contributed by atoms with Crippen molar-refractivity contribution in [3.05, 3.63) is 24.3 Å². The zero-order chi connectivity index (χ0) is 16.7. The third-order valence-corrected chi connectivity index (χ3v) is 3.02. The second-order valence-electron chi connectivity index (χ2n) is 4.73. The van der Waals surface area contributed by atoms with Gasteiger partial charge in [-0.15, -0.1) is 0 Å². The number of furan rings is 1. The van der Waals surface area contributed by atoms with E-state index in [1.54, 1.807) is 12.1 Å². The Balaban J connectivity index is 1.83. The average molecular weight is 323 g/mol. The van der Waals surface area contributed by atoms with Crippen molar-refractivity contribution in [3.63, 3.8) is 0 Å². The van der Waals surface area contributed by atoms with Gasteiger partial charge in [0.05, 0.1) is 6.26 Å². The molecular weight excluding hydrogens is 306 g/mol. The molecule has 0 saturated carbocycles. The summed E-state index contributed by atoms with van der Waals surface area (Å²) in [7, 11) is 1.47. The second kappa shape index (κ2) is 8.08. The van der Waals surface area contributed by atoms with E-state index in [4.69, 9.17) is 18.8 Å². The first-order valence-electron chi connectivity index (χ1n) is 6.97. The Morgan fingerprint density at radius 3 is 2.96 bits per heavy atom. The molecule has 0 aliphatic heterocycles. The van der Waals surface area contributed by atoms with Crippen LogP contribution < -0.4 is 5.32 Å². The normalized spacial score (nSPS) is 12.0. The maximum Gasteiger partial charge on any atom is 0.326 e. The number of nitrogens with one attached hydrogen (secondary N) is 1. The van der Waals surface area contributed by atoms with E-state index in [0.29, 0.717) is 11.6 Å². The number of aromatic nitrogens is 2. The van der Waals surface area contributed by atoms with Gasteiger partial charge in [0.25, 0.3) is 0 Å². The van der Waals surface area contributed by atoms with Crippen LogP contribution in [0.5, 0.6) is 0 Å². The van der Waals surface area contributed by atoms with Crippen molar-refractivity contribution in [1.29, 1.82) is 0 Å². The van der Waals surface area contributed by atoms with E-state index in [1.807, 2.05) is 0 Å². The van der Waals surface area contributed by atoms with Crippen LogP contribution in [0.2, 0.25) is 0 Å². The SMILES string of the molecule is COCCC(NC(=O)CCc1nc(-c2ccco2)no1)C(=O)O. The number of methoxy groups -OCH3 is 1. The van der Waals surface area contributed by atoms with Gasteiger partial charge in [-0.05, 0) is 12.1 Å². The minimum Gasteiger partial charge on any atom is -0.480 e. The molecule has 0 bridgehead atoms. The number of aryl methyl sites for hydroxylation is 1. The zero-order valence-corrected chi connectivity index (χ0v) is 12.5. The van der Waals surface area contributed by atoms with Crippen LogP contribution in [-0.2, 0) is 20.7 Å². The maximum absolute atomic E-state index is 11.8. The van der Waals surface area contributed by atoms with Crippen molar-refractivity contribution in [1.82, 2.24) is 15.5 Å². The molecule has 9 nitrogen and oxygen atoms in total. The number of ether oxygens (including phenoxy) is 1. The minimum atomic E-state index is -1.10. The quantitative estimate of drug-likeness (QED) is 0.695. The Morgan fingerprint density at radius 2 is 2.30 bits per heavy atom. The van der Waals surface area contributed by atoms with Crippen molar-refractivity contribution in [2.24, 2.45) is 0 Å². The summed E-state index contributed by atoms with van der Waals surface area (Å²) < 4.78 is 15.0. The number of carbonyl (C=O) groups is 2. The molecule has 23 heavy (non-hydrogen) atoms. The maximum atomic E-state index is 11.8. The first-order valence-corrected chi connectivity index (χ1v) is 6.97. The molecule has 0 fully saturated rings. The fourth-order valence-corrected chi connectivity index (χ4v) is 1.84. The summed E-state index contributed by atoms with van der Waals surface area (Å²) in [6.45, 7) is 0.243. The van der Waals surface area contributed by atoms with Gasteiger partial charge in [0, 0.05) is 33.0 Å². The largest absolute Gasteiger partial charge is 0.480 e. The fourth-order valence-electron chi connectivity index (χ4n) is 1.84. The molecule has 0 spiro atoms. The lowest BCUT2D eigenvalue weighted by Crippen LogP contribution is -2.41. The number of carboxylic acids is 1. The first-order chi connectivity index (χ1) is 11.1. The number of carboxylic acid groups (broad SMARTS) is 1. The summed E-state index contributed by atoms with van der Waals surface area (Å²) in [5.74, 6) is -0.473. The number of aliphatic carboxylic acids is 1. The van der Waals surface area contributed by atoms with Gasteiger partial charge in [0.1, 0.15) is 6.04 Å². The van der Waals surface area contributed by atoms with Gasteiger partial charge in [-0.2, -0.15) is 4.98 Å². The zero-order valence-electron chi connectivity index (χ0n) is 12.5. The summed E-state index contributed by atoms with van der Waals surface area (Å²) >= 11 is 0. The lowest BCUT2D eigenvalue weighted by atomic mass is 10.2. The van der Waals surface area contributed by atoms with E-state index >= 15 is 0 Å². The molecule has 124 valence electrons. The van der Waals surface area contributed by atoms with Crippen molar-refractivity contribution < 1.29 is 28.4 Å². The van der Waals surface area contributed by atoms with Gasteiger partial charge in [-0.3, -0.25) is 4.79 Å². The third-order valence-electron chi connectivity index (χ3n) is 3.02. The molecule has 2 rings (SSSR count). The molecule has 1 amide bonds. The molecule has 1 unspecified atom stereocenters. The van der Waals surface area contributed by atoms with E-state index < -0.39 is 17.9 Å². The van der Waals surface area contributed by atoms with Gasteiger partial charge in [0.2, 0.25) is 17.6 Å². The van der Waals surface area contributed by atoms with Crippen LogP contribution in [0.25, 0.3) is 11.6 Å². The van der Waals surface area contributed by atoms with Crippen LogP contribution in [0.15, 0.2) is 27.3 Å². The Bertz CT molecular complexity index is 637. The molecule has 0 aliphatic carbocycles. The monoisotopic (exact) mass is 323 g/mol. The predicted molar refractivity (Wildman–Crippen MR) is 76.4 cm³/mol. The van der Waals surface area contributed by atoms with E-state index in [1.165, 1.54) is 13.4 Å². The molecule has 2 heterocycles. The summed E-state index contributed by atoms with van der Waals surface area (Å²) in [4.78, 5) is 26.9. The molecule has 2 aromatic heterocycles. The number of amides is 1. The topological polar surface area (TPSA) is 128 Å². The Morgan fingerprint density at radius 1 is 1.48 bits per heavy atom. The molecule has 1 atom stereocenters. The highest BCUT2D eigenvalue weighted by atomic mass is 16.5. The summed E-state index contributed by atoms with van der Waals surface area (Å²) in [6, 6.07) is 2.41. The molecular formula is C14H17N3O6. The number of hydrogen-bond donors (Lipinski definition) is 2. The van der Waals surface area contributed by atoms with Crippen molar-refractivity contribution >= 4 is 11.9 Å². The molecule has 2 N–H and O–H groups in total. The van der Waals surface area contributed by atoms with Crippen LogP contribution in [-0.4, -0.2) is 46.9 Å². The van der Waals surface area contributed by atoms with E-state index in [2.05, 4.69) is 15.5 Å². The Labute approximate surface area is 131 Å². The lowest BCUT2D eigenvalue weighted by Gasteiger charge is -2.13.